The second-order valence-corrected chi connectivity index (χ2v) is 4.61. The van der Waals surface area contributed by atoms with E-state index >= 15 is 0 Å². The van der Waals surface area contributed by atoms with Gasteiger partial charge in [0.15, 0.2) is 5.78 Å². The number of hydrogen-bond donors (Lipinski definition) is 2. The van der Waals surface area contributed by atoms with Crippen LogP contribution in [0, 0.1) is 5.92 Å². The van der Waals surface area contributed by atoms with Crippen molar-refractivity contribution in [2.45, 2.75) is 32.1 Å². The molecule has 1 rings (SSSR count). The zero-order valence-electron chi connectivity index (χ0n) is 11.0. The van der Waals surface area contributed by atoms with Crippen LogP contribution in [0.4, 0.5) is 0 Å². The SMILES string of the molecule is NCCCCCCC(C(=O)O)C(=O)c1ccccc1. The lowest BCUT2D eigenvalue weighted by Crippen LogP contribution is -2.24. The molecule has 1 unspecified atom stereocenters. The van der Waals surface area contributed by atoms with Crippen molar-refractivity contribution in [2.24, 2.45) is 11.7 Å². The predicted octanol–water partition coefficient (Wildman–Crippen LogP) is 2.48. The van der Waals surface area contributed by atoms with Gasteiger partial charge in [-0.1, -0.05) is 49.6 Å². The van der Waals surface area contributed by atoms with Gasteiger partial charge < -0.3 is 10.8 Å². The Morgan fingerprint density at radius 1 is 1.05 bits per heavy atom. The molecule has 0 aliphatic heterocycles. The molecule has 0 fully saturated rings. The highest BCUT2D eigenvalue weighted by Gasteiger charge is 2.26. The molecule has 4 heteroatoms. The largest absolute Gasteiger partial charge is 0.481 e. The van der Waals surface area contributed by atoms with E-state index in [0.717, 1.165) is 25.7 Å². The summed E-state index contributed by atoms with van der Waals surface area (Å²) in [6, 6.07) is 8.61. The molecule has 1 aromatic rings. The van der Waals surface area contributed by atoms with Crippen molar-refractivity contribution in [3.05, 3.63) is 35.9 Å². The molecule has 0 amide bonds. The topological polar surface area (TPSA) is 80.4 Å². The van der Waals surface area contributed by atoms with Crippen LogP contribution in [0.25, 0.3) is 0 Å². The van der Waals surface area contributed by atoms with Crippen LogP contribution >= 0.6 is 0 Å². The summed E-state index contributed by atoms with van der Waals surface area (Å²) in [5.41, 5.74) is 5.86. The fraction of sp³-hybridized carbons (Fsp3) is 0.467. The normalized spacial score (nSPS) is 12.1. The Morgan fingerprint density at radius 3 is 2.26 bits per heavy atom. The molecule has 0 aromatic heterocycles. The van der Waals surface area contributed by atoms with Crippen molar-refractivity contribution in [1.82, 2.24) is 0 Å². The summed E-state index contributed by atoms with van der Waals surface area (Å²) in [5, 5.41) is 9.17. The first-order valence-corrected chi connectivity index (χ1v) is 6.69. The highest BCUT2D eigenvalue weighted by atomic mass is 16.4. The first-order valence-electron chi connectivity index (χ1n) is 6.69. The number of unbranched alkanes of at least 4 members (excludes halogenated alkanes) is 3. The highest BCUT2D eigenvalue weighted by molar-refractivity contribution is 6.08. The van der Waals surface area contributed by atoms with Crippen molar-refractivity contribution in [3.63, 3.8) is 0 Å². The monoisotopic (exact) mass is 263 g/mol. The summed E-state index contributed by atoms with van der Waals surface area (Å²) in [7, 11) is 0. The van der Waals surface area contributed by atoms with Gasteiger partial charge in [0.1, 0.15) is 5.92 Å². The Labute approximate surface area is 113 Å². The summed E-state index contributed by atoms with van der Waals surface area (Å²) >= 11 is 0. The first-order chi connectivity index (χ1) is 9.16. The maximum atomic E-state index is 12.1. The molecular formula is C15H21NO3. The molecule has 104 valence electrons. The van der Waals surface area contributed by atoms with Crippen LogP contribution < -0.4 is 5.73 Å². The van der Waals surface area contributed by atoms with Gasteiger partial charge in [-0.2, -0.15) is 0 Å². The lowest BCUT2D eigenvalue weighted by Gasteiger charge is -2.11. The van der Waals surface area contributed by atoms with Crippen LogP contribution in [-0.4, -0.2) is 23.4 Å². The number of carbonyl (C=O) groups excluding carboxylic acids is 1. The van der Waals surface area contributed by atoms with Gasteiger partial charge in [0, 0.05) is 5.56 Å². The fourth-order valence-corrected chi connectivity index (χ4v) is 2.02. The zero-order chi connectivity index (χ0) is 14.1. The van der Waals surface area contributed by atoms with E-state index in [1.165, 1.54) is 0 Å². The van der Waals surface area contributed by atoms with E-state index in [-0.39, 0.29) is 5.78 Å². The standard InChI is InChI=1S/C15H21NO3/c16-11-7-2-1-6-10-13(15(18)19)14(17)12-8-4-3-5-9-12/h3-5,8-9,13H,1-2,6-7,10-11,16H2,(H,18,19). The molecule has 0 aliphatic carbocycles. The third-order valence-electron chi connectivity index (χ3n) is 3.12. The zero-order valence-corrected chi connectivity index (χ0v) is 11.0. The number of carboxylic acids is 1. The minimum Gasteiger partial charge on any atom is -0.481 e. The van der Waals surface area contributed by atoms with Crippen LogP contribution in [0.1, 0.15) is 42.5 Å². The average molecular weight is 263 g/mol. The van der Waals surface area contributed by atoms with Crippen LogP contribution in [0.5, 0.6) is 0 Å². The van der Waals surface area contributed by atoms with E-state index in [1.54, 1.807) is 30.3 Å². The van der Waals surface area contributed by atoms with Crippen molar-refractivity contribution in [1.29, 1.82) is 0 Å². The summed E-state index contributed by atoms with van der Waals surface area (Å²) in [6.45, 7) is 0.658. The molecule has 0 bridgehead atoms. The maximum Gasteiger partial charge on any atom is 0.314 e. The number of rotatable bonds is 9. The lowest BCUT2D eigenvalue weighted by atomic mass is 9.92. The number of aliphatic carboxylic acids is 1. The predicted molar refractivity (Wildman–Crippen MR) is 74.0 cm³/mol. The molecular weight excluding hydrogens is 242 g/mol. The van der Waals surface area contributed by atoms with Crippen LogP contribution in [-0.2, 0) is 4.79 Å². The minimum absolute atomic E-state index is 0.299. The second kappa shape index (κ2) is 8.43. The number of nitrogens with two attached hydrogens (primary N) is 1. The summed E-state index contributed by atoms with van der Waals surface area (Å²) in [5.74, 6) is -2.26. The van der Waals surface area contributed by atoms with Gasteiger partial charge in [-0.3, -0.25) is 9.59 Å². The molecule has 0 saturated heterocycles. The number of carboxylic acid groups (broad SMARTS) is 1. The third-order valence-corrected chi connectivity index (χ3v) is 3.12. The molecule has 0 aliphatic rings. The van der Waals surface area contributed by atoms with E-state index in [0.29, 0.717) is 18.5 Å². The number of ketones is 1. The van der Waals surface area contributed by atoms with Crippen LogP contribution in [0.3, 0.4) is 0 Å². The van der Waals surface area contributed by atoms with Gasteiger partial charge in [-0.25, -0.2) is 0 Å². The smallest absolute Gasteiger partial charge is 0.314 e. The first kappa shape index (κ1) is 15.4. The van der Waals surface area contributed by atoms with E-state index in [9.17, 15) is 9.59 Å². The van der Waals surface area contributed by atoms with Gasteiger partial charge >= 0.3 is 5.97 Å². The number of Topliss-reactive ketones (excluding diaryl/α,β-unsaturated/α-hetero) is 1. The number of carbonyl (C=O) groups is 2. The molecule has 0 heterocycles. The molecule has 3 N–H and O–H groups in total. The second-order valence-electron chi connectivity index (χ2n) is 4.61. The molecule has 1 aromatic carbocycles. The summed E-state index contributed by atoms with van der Waals surface area (Å²) < 4.78 is 0. The van der Waals surface area contributed by atoms with Gasteiger partial charge in [-0.15, -0.1) is 0 Å². The van der Waals surface area contributed by atoms with Crippen molar-refractivity contribution in [3.8, 4) is 0 Å². The van der Waals surface area contributed by atoms with Gasteiger partial charge in [-0.05, 0) is 19.4 Å². The van der Waals surface area contributed by atoms with Crippen molar-refractivity contribution >= 4 is 11.8 Å². The number of benzene rings is 1. The fourth-order valence-electron chi connectivity index (χ4n) is 2.02. The molecule has 4 nitrogen and oxygen atoms in total. The van der Waals surface area contributed by atoms with Gasteiger partial charge in [0.2, 0.25) is 0 Å². The van der Waals surface area contributed by atoms with E-state index in [4.69, 9.17) is 10.8 Å². The Bertz CT molecular complexity index is 403. The minimum atomic E-state index is -1.03. The quantitative estimate of drug-likeness (QED) is 0.407. The van der Waals surface area contributed by atoms with Crippen molar-refractivity contribution < 1.29 is 14.7 Å². The number of hydrogen-bond acceptors (Lipinski definition) is 3. The Balaban J connectivity index is 2.53. The molecule has 1 atom stereocenters. The van der Waals surface area contributed by atoms with Crippen molar-refractivity contribution in [2.75, 3.05) is 6.54 Å². The van der Waals surface area contributed by atoms with Gasteiger partial charge in [0.05, 0.1) is 0 Å². The maximum absolute atomic E-state index is 12.1. The van der Waals surface area contributed by atoms with E-state index in [2.05, 4.69) is 0 Å². The highest BCUT2D eigenvalue weighted by Crippen LogP contribution is 2.17. The van der Waals surface area contributed by atoms with Gasteiger partial charge in [0.25, 0.3) is 0 Å². The Hall–Kier alpha value is -1.68. The average Bonchev–Trinajstić information content (AvgIpc) is 2.43. The van der Waals surface area contributed by atoms with Crippen LogP contribution in [0.2, 0.25) is 0 Å². The Morgan fingerprint density at radius 2 is 1.68 bits per heavy atom. The summed E-state index contributed by atoms with van der Waals surface area (Å²) in [6.07, 6.45) is 4.00. The third kappa shape index (κ3) is 5.22. The van der Waals surface area contributed by atoms with E-state index < -0.39 is 11.9 Å². The summed E-state index contributed by atoms with van der Waals surface area (Å²) in [4.78, 5) is 23.3. The lowest BCUT2D eigenvalue weighted by molar-refractivity contribution is -0.140. The van der Waals surface area contributed by atoms with E-state index in [1.807, 2.05) is 0 Å². The molecule has 0 radical (unpaired) electrons. The molecule has 0 saturated carbocycles. The molecule has 0 spiro atoms. The Kier molecular flexibility index (Phi) is 6.82. The molecule has 19 heavy (non-hydrogen) atoms. The van der Waals surface area contributed by atoms with Crippen LogP contribution in [0.15, 0.2) is 30.3 Å².